The van der Waals surface area contributed by atoms with E-state index in [1.54, 1.807) is 57.4 Å². The molecule has 1 amide bonds. The Morgan fingerprint density at radius 1 is 1.00 bits per heavy atom. The van der Waals surface area contributed by atoms with E-state index in [0.29, 0.717) is 34.9 Å². The molecule has 4 rings (SSSR count). The topological polar surface area (TPSA) is 119 Å². The van der Waals surface area contributed by atoms with E-state index in [4.69, 9.17) is 4.74 Å². The first-order valence-corrected chi connectivity index (χ1v) is 12.3. The van der Waals surface area contributed by atoms with Gasteiger partial charge >= 0.3 is 0 Å². The lowest BCUT2D eigenvalue weighted by molar-refractivity contribution is -0.115. The summed E-state index contributed by atoms with van der Waals surface area (Å²) in [4.78, 5) is 29.4. The van der Waals surface area contributed by atoms with E-state index in [0.717, 1.165) is 0 Å². The molecule has 1 aromatic heterocycles. The molecule has 0 atom stereocenters. The van der Waals surface area contributed by atoms with Crippen LogP contribution in [0.2, 0.25) is 0 Å². The van der Waals surface area contributed by atoms with Crippen LogP contribution in [-0.4, -0.2) is 31.0 Å². The van der Waals surface area contributed by atoms with Crippen LogP contribution in [-0.2, 0) is 14.8 Å². The molecule has 9 nitrogen and oxygen atoms in total. The van der Waals surface area contributed by atoms with Gasteiger partial charge in [0, 0.05) is 17.8 Å². The van der Waals surface area contributed by atoms with E-state index < -0.39 is 10.0 Å². The van der Waals surface area contributed by atoms with Crippen LogP contribution < -0.4 is 20.3 Å². The monoisotopic (exact) mass is 492 g/mol. The van der Waals surface area contributed by atoms with Crippen LogP contribution in [0.3, 0.4) is 0 Å². The zero-order valence-corrected chi connectivity index (χ0v) is 20.2. The normalized spacial score (nSPS) is 11.3. The summed E-state index contributed by atoms with van der Waals surface area (Å²) >= 11 is 0. The highest BCUT2D eigenvalue weighted by atomic mass is 32.2. The fourth-order valence-electron chi connectivity index (χ4n) is 3.58. The van der Waals surface area contributed by atoms with Gasteiger partial charge in [-0.05, 0) is 73.7 Å². The maximum absolute atomic E-state index is 13.3. The van der Waals surface area contributed by atoms with Crippen LogP contribution in [0.15, 0.2) is 76.4 Å². The van der Waals surface area contributed by atoms with Crippen molar-refractivity contribution in [3.8, 4) is 11.4 Å². The third-order valence-electron chi connectivity index (χ3n) is 5.39. The molecular weight excluding hydrogens is 468 g/mol. The second-order valence-corrected chi connectivity index (χ2v) is 9.44. The van der Waals surface area contributed by atoms with Gasteiger partial charge in [-0.1, -0.05) is 6.92 Å². The first-order chi connectivity index (χ1) is 16.7. The number of rotatable bonds is 7. The molecule has 0 aliphatic heterocycles. The minimum absolute atomic E-state index is 0.0183. The molecule has 180 valence electrons. The van der Waals surface area contributed by atoms with Gasteiger partial charge in [-0.3, -0.25) is 18.9 Å². The molecule has 1 heterocycles. The van der Waals surface area contributed by atoms with Crippen molar-refractivity contribution in [2.45, 2.75) is 25.2 Å². The molecule has 4 aromatic rings. The highest BCUT2D eigenvalue weighted by molar-refractivity contribution is 7.92. The number of hydrogen-bond donors (Lipinski definition) is 2. The van der Waals surface area contributed by atoms with Gasteiger partial charge in [0.05, 0.1) is 28.6 Å². The van der Waals surface area contributed by atoms with Crippen molar-refractivity contribution in [1.82, 2.24) is 9.55 Å². The molecule has 0 spiro atoms. The maximum Gasteiger partial charge on any atom is 0.266 e. The number of methoxy groups -OCH3 is 1. The molecule has 10 heteroatoms. The molecule has 0 bridgehead atoms. The number of nitrogens with one attached hydrogen (secondary N) is 2. The maximum atomic E-state index is 13.3. The van der Waals surface area contributed by atoms with Gasteiger partial charge in [0.25, 0.3) is 15.6 Å². The van der Waals surface area contributed by atoms with E-state index in [9.17, 15) is 18.0 Å². The molecule has 3 aromatic carbocycles. The first-order valence-electron chi connectivity index (χ1n) is 10.8. The minimum Gasteiger partial charge on any atom is -0.497 e. The summed E-state index contributed by atoms with van der Waals surface area (Å²) in [5.74, 6) is 0.987. The molecule has 0 saturated heterocycles. The predicted molar refractivity (Wildman–Crippen MR) is 135 cm³/mol. The fraction of sp³-hybridized carbons (Fsp3) is 0.160. The van der Waals surface area contributed by atoms with Gasteiger partial charge in [0.2, 0.25) is 5.91 Å². The van der Waals surface area contributed by atoms with E-state index in [-0.39, 0.29) is 27.4 Å². The largest absolute Gasteiger partial charge is 0.497 e. The van der Waals surface area contributed by atoms with Gasteiger partial charge in [-0.25, -0.2) is 13.4 Å². The van der Waals surface area contributed by atoms with E-state index >= 15 is 0 Å². The summed E-state index contributed by atoms with van der Waals surface area (Å²) in [5.41, 5.74) is 1.47. The molecule has 2 N–H and O–H groups in total. The Morgan fingerprint density at radius 2 is 1.66 bits per heavy atom. The van der Waals surface area contributed by atoms with Gasteiger partial charge in [0.1, 0.15) is 11.6 Å². The third-order valence-corrected chi connectivity index (χ3v) is 6.79. The Balaban J connectivity index is 1.67. The molecule has 0 radical (unpaired) electrons. The van der Waals surface area contributed by atoms with Crippen molar-refractivity contribution < 1.29 is 17.9 Å². The average Bonchev–Trinajstić information content (AvgIpc) is 2.85. The minimum atomic E-state index is -3.93. The molecule has 35 heavy (non-hydrogen) atoms. The van der Waals surface area contributed by atoms with Crippen molar-refractivity contribution >= 4 is 38.2 Å². The van der Waals surface area contributed by atoms with Crippen molar-refractivity contribution in [2.24, 2.45) is 0 Å². The number of carbonyl (C=O) groups is 1. The first kappa shape index (κ1) is 24.0. The van der Waals surface area contributed by atoms with Crippen LogP contribution in [0.25, 0.3) is 16.6 Å². The van der Waals surface area contributed by atoms with Crippen LogP contribution in [0.5, 0.6) is 5.75 Å². The SMILES string of the molecule is CCC(=O)Nc1ccc(S(=O)(=O)Nc2ccc3nc(C)n(-c4ccc(OC)cc4)c(=O)c3c2)cc1. The second-order valence-electron chi connectivity index (χ2n) is 7.76. The van der Waals surface area contributed by atoms with E-state index in [1.807, 2.05) is 0 Å². The van der Waals surface area contributed by atoms with Crippen molar-refractivity contribution in [3.05, 3.63) is 82.9 Å². The molecule has 0 aliphatic rings. The molecule has 0 fully saturated rings. The highest BCUT2D eigenvalue weighted by Crippen LogP contribution is 2.22. The highest BCUT2D eigenvalue weighted by Gasteiger charge is 2.16. The summed E-state index contributed by atoms with van der Waals surface area (Å²) in [6.45, 7) is 3.46. The Kier molecular flexibility index (Phi) is 6.57. The van der Waals surface area contributed by atoms with Crippen LogP contribution in [0.4, 0.5) is 11.4 Å². The standard InChI is InChI=1S/C25H24N4O5S/c1-4-24(30)27-17-5-12-21(13-6-17)35(32,33)28-18-7-14-23-22(15-18)25(31)29(16(2)26-23)19-8-10-20(34-3)11-9-19/h5-15,28H,4H2,1-3H3,(H,27,30). The summed E-state index contributed by atoms with van der Waals surface area (Å²) in [7, 11) is -2.37. The lowest BCUT2D eigenvalue weighted by Gasteiger charge is -2.13. The number of ether oxygens (including phenoxy) is 1. The van der Waals surface area contributed by atoms with Crippen molar-refractivity contribution in [2.75, 3.05) is 17.1 Å². The summed E-state index contributed by atoms with van der Waals surface area (Å²) in [6, 6.07) is 17.4. The molecule has 0 saturated carbocycles. The van der Waals surface area contributed by atoms with E-state index in [1.165, 1.54) is 34.9 Å². The number of fused-ring (bicyclic) bond motifs is 1. The molecule has 0 unspecified atom stereocenters. The number of benzene rings is 3. The second kappa shape index (κ2) is 9.59. The zero-order valence-electron chi connectivity index (χ0n) is 19.4. The molecule has 0 aliphatic carbocycles. The number of anilines is 2. The van der Waals surface area contributed by atoms with Crippen LogP contribution >= 0.6 is 0 Å². The van der Waals surface area contributed by atoms with Crippen LogP contribution in [0, 0.1) is 6.92 Å². The average molecular weight is 493 g/mol. The smallest absolute Gasteiger partial charge is 0.266 e. The lowest BCUT2D eigenvalue weighted by atomic mass is 10.2. The Labute approximate surface area is 202 Å². The number of aromatic nitrogens is 2. The number of carbonyl (C=O) groups excluding carboxylic acids is 1. The summed E-state index contributed by atoms with van der Waals surface area (Å²) in [5, 5.41) is 2.94. The number of hydrogen-bond acceptors (Lipinski definition) is 6. The number of sulfonamides is 1. The Morgan fingerprint density at radius 3 is 2.29 bits per heavy atom. The Hall–Kier alpha value is -4.18. The third kappa shape index (κ3) is 5.02. The fourth-order valence-corrected chi connectivity index (χ4v) is 4.63. The lowest BCUT2D eigenvalue weighted by Crippen LogP contribution is -2.22. The number of aryl methyl sites for hydroxylation is 1. The Bertz CT molecular complexity index is 1560. The molecular formula is C25H24N4O5S. The summed E-state index contributed by atoms with van der Waals surface area (Å²) < 4.78 is 35.0. The summed E-state index contributed by atoms with van der Waals surface area (Å²) in [6.07, 6.45) is 0.318. The predicted octanol–water partition coefficient (Wildman–Crippen LogP) is 3.85. The van der Waals surface area contributed by atoms with Crippen LogP contribution in [0.1, 0.15) is 19.2 Å². The van der Waals surface area contributed by atoms with E-state index in [2.05, 4.69) is 15.0 Å². The van der Waals surface area contributed by atoms with Gasteiger partial charge in [-0.2, -0.15) is 0 Å². The van der Waals surface area contributed by atoms with Gasteiger partial charge in [0.15, 0.2) is 0 Å². The van der Waals surface area contributed by atoms with Gasteiger partial charge < -0.3 is 10.1 Å². The number of nitrogens with zero attached hydrogens (tertiary/aromatic N) is 2. The zero-order chi connectivity index (χ0) is 25.2. The van der Waals surface area contributed by atoms with Crippen molar-refractivity contribution in [1.29, 1.82) is 0 Å². The number of amides is 1. The van der Waals surface area contributed by atoms with Gasteiger partial charge in [-0.15, -0.1) is 0 Å². The van der Waals surface area contributed by atoms with Crippen molar-refractivity contribution in [3.63, 3.8) is 0 Å². The quantitative estimate of drug-likeness (QED) is 0.404.